The Morgan fingerprint density at radius 3 is 2.30 bits per heavy atom. The van der Waals surface area contributed by atoms with Crippen molar-refractivity contribution in [3.63, 3.8) is 0 Å². The molecule has 0 aliphatic carbocycles. The molecule has 1 unspecified atom stereocenters. The Labute approximate surface area is 126 Å². The van der Waals surface area contributed by atoms with Crippen molar-refractivity contribution in [2.75, 3.05) is 14.2 Å². The number of hydrogen-bond acceptors (Lipinski definition) is 4. The van der Waals surface area contributed by atoms with Crippen LogP contribution in [0.5, 0.6) is 0 Å². The molecule has 0 bridgehead atoms. The summed E-state index contributed by atoms with van der Waals surface area (Å²) in [6.45, 7) is 11.9. The summed E-state index contributed by atoms with van der Waals surface area (Å²) in [7, 11) is 3.38. The molecule has 0 aliphatic rings. The van der Waals surface area contributed by atoms with Crippen molar-refractivity contribution in [1.29, 1.82) is 0 Å². The molecule has 0 saturated carbocycles. The molecule has 1 atom stereocenters. The highest BCUT2D eigenvalue weighted by molar-refractivity contribution is 7.11. The van der Waals surface area contributed by atoms with Gasteiger partial charge in [-0.1, -0.05) is 13.8 Å². The van der Waals surface area contributed by atoms with E-state index in [4.69, 9.17) is 4.74 Å². The van der Waals surface area contributed by atoms with Crippen LogP contribution in [0.3, 0.4) is 0 Å². The number of likely N-dealkylation sites (N-methyl/N-ethyl adjacent to an activating group) is 1. The van der Waals surface area contributed by atoms with Gasteiger partial charge >= 0.3 is 0 Å². The van der Waals surface area contributed by atoms with Crippen LogP contribution in [0.4, 0.5) is 0 Å². The van der Waals surface area contributed by atoms with Gasteiger partial charge in [0.2, 0.25) is 0 Å². The maximum Gasteiger partial charge on any atom is 0.254 e. The van der Waals surface area contributed by atoms with Crippen LogP contribution in [-0.2, 0) is 9.53 Å². The van der Waals surface area contributed by atoms with Gasteiger partial charge in [-0.25, -0.2) is 4.98 Å². The van der Waals surface area contributed by atoms with Crippen molar-refractivity contribution in [3.8, 4) is 0 Å². The third-order valence-corrected chi connectivity index (χ3v) is 5.28. The predicted molar refractivity (Wildman–Crippen MR) is 83.2 cm³/mol. The van der Waals surface area contributed by atoms with Gasteiger partial charge in [0.15, 0.2) is 0 Å². The Bertz CT molecular complexity index is 480. The van der Waals surface area contributed by atoms with Crippen molar-refractivity contribution in [3.05, 3.63) is 15.6 Å². The molecule has 0 N–H and O–H groups in total. The molecule has 0 radical (unpaired) electrons. The van der Waals surface area contributed by atoms with Gasteiger partial charge in [0.1, 0.15) is 5.60 Å². The van der Waals surface area contributed by atoms with E-state index in [1.54, 1.807) is 37.2 Å². The van der Waals surface area contributed by atoms with Gasteiger partial charge in [0.25, 0.3) is 5.91 Å². The molecule has 5 heteroatoms. The highest BCUT2D eigenvalue weighted by Crippen LogP contribution is 2.32. The summed E-state index contributed by atoms with van der Waals surface area (Å²) in [4.78, 5) is 19.9. The van der Waals surface area contributed by atoms with Crippen LogP contribution in [0.2, 0.25) is 0 Å². The quantitative estimate of drug-likeness (QED) is 0.835. The molecule has 0 saturated heterocycles. The number of nitrogens with zero attached hydrogens (tertiary/aromatic N) is 2. The number of aryl methyl sites for hydroxylation is 1. The molecule has 0 aromatic carbocycles. The van der Waals surface area contributed by atoms with Gasteiger partial charge in [-0.2, -0.15) is 0 Å². The van der Waals surface area contributed by atoms with E-state index >= 15 is 0 Å². The SMILES string of the molecule is COC(C)(C)C(=O)N(C)C(C)c1sc(C(C)C)nc1C. The van der Waals surface area contributed by atoms with Crippen LogP contribution >= 0.6 is 11.3 Å². The summed E-state index contributed by atoms with van der Waals surface area (Å²) in [5, 5.41) is 1.12. The van der Waals surface area contributed by atoms with Crippen molar-refractivity contribution in [2.45, 2.75) is 59.1 Å². The molecular weight excluding hydrogens is 272 g/mol. The third kappa shape index (κ3) is 3.38. The van der Waals surface area contributed by atoms with Gasteiger partial charge in [0.05, 0.1) is 16.7 Å². The average molecular weight is 298 g/mol. The van der Waals surface area contributed by atoms with Gasteiger partial charge in [-0.15, -0.1) is 11.3 Å². The topological polar surface area (TPSA) is 42.4 Å². The fourth-order valence-corrected chi connectivity index (χ4v) is 3.09. The molecular formula is C15H26N2O2S. The number of ether oxygens (including phenoxy) is 1. The van der Waals surface area contributed by atoms with Crippen molar-refractivity contribution in [2.24, 2.45) is 0 Å². The van der Waals surface area contributed by atoms with E-state index in [9.17, 15) is 4.79 Å². The van der Waals surface area contributed by atoms with Crippen LogP contribution in [0, 0.1) is 6.92 Å². The highest BCUT2D eigenvalue weighted by Gasteiger charge is 2.33. The van der Waals surface area contributed by atoms with E-state index < -0.39 is 5.60 Å². The van der Waals surface area contributed by atoms with Gasteiger partial charge in [-0.3, -0.25) is 4.79 Å². The third-order valence-electron chi connectivity index (χ3n) is 3.65. The standard InChI is InChI=1S/C15H26N2O2S/c1-9(2)13-16-10(3)12(20-13)11(4)17(7)14(18)15(5,6)19-8/h9,11H,1-8H3. The number of aromatic nitrogens is 1. The number of carbonyl (C=O) groups is 1. The second kappa shape index (κ2) is 6.22. The van der Waals surface area contributed by atoms with E-state index in [1.807, 2.05) is 20.9 Å². The number of thiazole rings is 1. The zero-order valence-corrected chi connectivity index (χ0v) is 14.6. The molecule has 114 valence electrons. The lowest BCUT2D eigenvalue weighted by Gasteiger charge is -2.32. The second-order valence-corrected chi connectivity index (χ2v) is 7.03. The van der Waals surface area contributed by atoms with Crippen LogP contribution < -0.4 is 0 Å². The molecule has 1 amide bonds. The molecule has 1 rings (SSSR count). The number of amides is 1. The lowest BCUT2D eigenvalue weighted by Crippen LogP contribution is -2.45. The van der Waals surface area contributed by atoms with Crippen LogP contribution in [0.25, 0.3) is 0 Å². The Morgan fingerprint density at radius 2 is 1.90 bits per heavy atom. The number of hydrogen-bond donors (Lipinski definition) is 0. The normalized spacial score (nSPS) is 13.7. The summed E-state index contributed by atoms with van der Waals surface area (Å²) in [5.74, 6) is 0.391. The van der Waals surface area contributed by atoms with Crippen molar-refractivity contribution in [1.82, 2.24) is 9.88 Å². The second-order valence-electron chi connectivity index (χ2n) is 5.96. The van der Waals surface area contributed by atoms with E-state index in [0.29, 0.717) is 5.92 Å². The van der Waals surface area contributed by atoms with E-state index in [-0.39, 0.29) is 11.9 Å². The minimum atomic E-state index is -0.803. The van der Waals surface area contributed by atoms with Gasteiger partial charge in [-0.05, 0) is 27.7 Å². The largest absolute Gasteiger partial charge is 0.369 e. The average Bonchev–Trinajstić information content (AvgIpc) is 2.78. The molecule has 1 aromatic rings. The first-order valence-corrected chi connectivity index (χ1v) is 7.73. The minimum absolute atomic E-state index is 0.00178. The summed E-state index contributed by atoms with van der Waals surface area (Å²) in [5.41, 5.74) is 0.212. The predicted octanol–water partition coefficient (Wildman–Crippen LogP) is 3.52. The zero-order valence-electron chi connectivity index (χ0n) is 13.8. The van der Waals surface area contributed by atoms with Crippen molar-refractivity contribution >= 4 is 17.2 Å². The number of rotatable bonds is 5. The monoisotopic (exact) mass is 298 g/mol. The maximum absolute atomic E-state index is 12.4. The van der Waals surface area contributed by atoms with Crippen molar-refractivity contribution < 1.29 is 9.53 Å². The Hall–Kier alpha value is -0.940. The van der Waals surface area contributed by atoms with Gasteiger partial charge < -0.3 is 9.64 Å². The lowest BCUT2D eigenvalue weighted by molar-refractivity contribution is -0.151. The number of carbonyl (C=O) groups excluding carboxylic acids is 1. The van der Waals surface area contributed by atoms with Gasteiger partial charge in [0, 0.05) is 25.0 Å². The summed E-state index contributed by atoms with van der Waals surface area (Å²) >= 11 is 1.69. The first-order chi connectivity index (χ1) is 9.11. The lowest BCUT2D eigenvalue weighted by atomic mass is 10.1. The molecule has 0 spiro atoms. The first-order valence-electron chi connectivity index (χ1n) is 6.91. The summed E-state index contributed by atoms with van der Waals surface area (Å²) in [6, 6.07) is 0.00178. The fourth-order valence-electron chi connectivity index (χ4n) is 1.93. The molecule has 4 nitrogen and oxygen atoms in total. The minimum Gasteiger partial charge on any atom is -0.369 e. The number of methoxy groups -OCH3 is 1. The van der Waals surface area contributed by atoms with E-state index in [1.165, 1.54) is 0 Å². The molecule has 0 aliphatic heterocycles. The Kier molecular flexibility index (Phi) is 5.33. The summed E-state index contributed by atoms with van der Waals surface area (Å²) < 4.78 is 5.28. The first kappa shape index (κ1) is 17.1. The highest BCUT2D eigenvalue weighted by atomic mass is 32.1. The Morgan fingerprint density at radius 1 is 1.35 bits per heavy atom. The summed E-state index contributed by atoms with van der Waals surface area (Å²) in [6.07, 6.45) is 0. The molecule has 0 fully saturated rings. The molecule has 1 aromatic heterocycles. The zero-order chi connectivity index (χ0) is 15.7. The fraction of sp³-hybridized carbons (Fsp3) is 0.733. The van der Waals surface area contributed by atoms with Crippen LogP contribution in [0.1, 0.15) is 62.2 Å². The maximum atomic E-state index is 12.4. The molecule has 20 heavy (non-hydrogen) atoms. The van der Waals surface area contributed by atoms with E-state index in [0.717, 1.165) is 15.6 Å². The Balaban J connectivity index is 3.00. The molecule has 1 heterocycles. The van der Waals surface area contributed by atoms with Crippen LogP contribution in [0.15, 0.2) is 0 Å². The smallest absolute Gasteiger partial charge is 0.254 e. The van der Waals surface area contributed by atoms with Crippen LogP contribution in [-0.4, -0.2) is 35.5 Å². The van der Waals surface area contributed by atoms with E-state index in [2.05, 4.69) is 18.8 Å².